The summed E-state index contributed by atoms with van der Waals surface area (Å²) in [6.45, 7) is 4.80. The van der Waals surface area contributed by atoms with Gasteiger partial charge in [-0.05, 0) is 45.0 Å². The Morgan fingerprint density at radius 1 is 1.32 bits per heavy atom. The molecule has 0 spiro atoms. The van der Waals surface area contributed by atoms with Crippen molar-refractivity contribution in [3.05, 3.63) is 57.4 Å². The van der Waals surface area contributed by atoms with Gasteiger partial charge in [-0.25, -0.2) is 4.79 Å². The quantitative estimate of drug-likeness (QED) is 0.151. The minimum atomic E-state index is -2.52. The van der Waals surface area contributed by atoms with E-state index < -0.39 is 53.6 Å². The molecule has 2 aromatic rings. The van der Waals surface area contributed by atoms with Gasteiger partial charge in [0.2, 0.25) is 0 Å². The lowest BCUT2D eigenvalue weighted by Gasteiger charge is -2.24. The minimum Gasteiger partial charge on any atom is -0.574 e. The highest BCUT2D eigenvalue weighted by atomic mass is 79.9. The van der Waals surface area contributed by atoms with Gasteiger partial charge in [-0.2, -0.15) is 5.43 Å². The van der Waals surface area contributed by atoms with E-state index in [4.69, 9.17) is 30.3 Å². The second-order valence-corrected chi connectivity index (χ2v) is 11.5. The van der Waals surface area contributed by atoms with Gasteiger partial charge in [0.15, 0.2) is 15.8 Å². The molecule has 1 aromatic heterocycles. The number of ether oxygens (including phenoxy) is 3. The monoisotopic (exact) mass is 622 g/mol. The standard InChI is InChI=1S/C21H25BrClN4O9P/c1-11(2)34-18(30)12(3)25-26-37(32)36-14-6-4-13(5-7-14)33-10-15-17(29)21(22,23)19(35-15)27-9-8-16(28)24-20(27)31/h4-9,11-12,15,17,19,25,29H,10H2,1-3H3,(H,24,28,31)/t12-,15+,17+,19+,21-/m0/s1. The third-order valence-corrected chi connectivity index (χ3v) is 6.86. The number of carbonyl (C=O) groups excluding carboxylic acids is 1. The Bertz CT molecular complexity index is 1240. The number of aromatic nitrogens is 2. The summed E-state index contributed by atoms with van der Waals surface area (Å²) in [5.41, 5.74) is 1.09. The zero-order valence-corrected chi connectivity index (χ0v) is 23.1. The molecule has 2 heterocycles. The second-order valence-electron chi connectivity index (χ2n) is 8.21. The molecule has 0 saturated carbocycles. The van der Waals surface area contributed by atoms with Crippen molar-refractivity contribution in [3.63, 3.8) is 0 Å². The molecule has 1 unspecified atom stereocenters. The van der Waals surface area contributed by atoms with Gasteiger partial charge in [-0.15, -0.1) is 0 Å². The van der Waals surface area contributed by atoms with Crippen LogP contribution in [-0.4, -0.2) is 55.4 Å². The lowest BCUT2D eigenvalue weighted by Crippen LogP contribution is -2.41. The molecule has 0 aliphatic carbocycles. The molecule has 6 atom stereocenters. The van der Waals surface area contributed by atoms with Crippen molar-refractivity contribution < 1.29 is 33.5 Å². The van der Waals surface area contributed by atoms with Crippen LogP contribution in [0.1, 0.15) is 27.0 Å². The lowest BCUT2D eigenvalue weighted by molar-refractivity contribution is -0.169. The van der Waals surface area contributed by atoms with Crippen molar-refractivity contribution in [1.82, 2.24) is 15.0 Å². The number of nitrogens with one attached hydrogen (secondary N) is 2. The van der Waals surface area contributed by atoms with E-state index in [1.807, 2.05) is 0 Å². The Balaban J connectivity index is 1.55. The van der Waals surface area contributed by atoms with Crippen LogP contribution in [0.15, 0.2) is 51.0 Å². The average molecular weight is 624 g/mol. The van der Waals surface area contributed by atoms with Crippen LogP contribution in [0.4, 0.5) is 0 Å². The Morgan fingerprint density at radius 2 is 1.97 bits per heavy atom. The maximum atomic E-state index is 12.1. The minimum absolute atomic E-state index is 0.131. The summed E-state index contributed by atoms with van der Waals surface area (Å²) in [6, 6.07) is 6.36. The van der Waals surface area contributed by atoms with Crippen molar-refractivity contribution in [2.75, 3.05) is 6.61 Å². The topological polar surface area (TPSA) is 177 Å². The fraction of sp³-hybridized carbons (Fsp3) is 0.476. The molecule has 1 aliphatic heterocycles. The van der Waals surface area contributed by atoms with E-state index in [0.29, 0.717) is 5.75 Å². The molecule has 0 radical (unpaired) electrons. The van der Waals surface area contributed by atoms with Gasteiger partial charge < -0.3 is 24.2 Å². The number of hydrogen-bond donors (Lipinski definition) is 3. The number of esters is 1. The molecule has 3 N–H and O–H groups in total. The highest BCUT2D eigenvalue weighted by Gasteiger charge is 2.55. The number of hydrogen-bond acceptors (Lipinski definition) is 10. The van der Waals surface area contributed by atoms with Crippen LogP contribution in [-0.2, 0) is 14.3 Å². The number of H-pyrrole nitrogens is 1. The summed E-state index contributed by atoms with van der Waals surface area (Å²) >= 11 is 9.61. The molecular weight excluding hydrogens is 599 g/mol. The fourth-order valence-corrected chi connectivity index (χ4v) is 4.66. The highest BCUT2D eigenvalue weighted by molar-refractivity contribution is 9.10. The summed E-state index contributed by atoms with van der Waals surface area (Å²) in [5.74, 6) is 0.0626. The largest absolute Gasteiger partial charge is 0.574 e. The van der Waals surface area contributed by atoms with Crippen LogP contribution in [0.5, 0.6) is 11.5 Å². The van der Waals surface area contributed by atoms with E-state index in [2.05, 4.69) is 31.2 Å². The number of carbonyl (C=O) groups is 1. The highest BCUT2D eigenvalue weighted by Crippen LogP contribution is 2.47. The van der Waals surface area contributed by atoms with Crippen LogP contribution >= 0.6 is 35.7 Å². The van der Waals surface area contributed by atoms with E-state index in [-0.39, 0.29) is 18.5 Å². The van der Waals surface area contributed by atoms with Gasteiger partial charge in [0.05, 0.1) is 6.10 Å². The molecule has 13 nitrogen and oxygen atoms in total. The van der Waals surface area contributed by atoms with E-state index in [0.717, 1.165) is 10.6 Å². The summed E-state index contributed by atoms with van der Waals surface area (Å²) in [6.07, 6.45) is -2.42. The van der Waals surface area contributed by atoms with Gasteiger partial charge in [0.25, 0.3) is 5.56 Å². The number of halogens is 2. The van der Waals surface area contributed by atoms with Gasteiger partial charge in [0, 0.05) is 17.1 Å². The molecule has 16 heteroatoms. The first-order chi connectivity index (χ1) is 17.4. The van der Waals surface area contributed by atoms with E-state index in [1.54, 1.807) is 13.8 Å². The van der Waals surface area contributed by atoms with Gasteiger partial charge in [0.1, 0.15) is 30.6 Å². The fourth-order valence-electron chi connectivity index (χ4n) is 3.12. The molecule has 1 aliphatic rings. The molecule has 0 amide bonds. The zero-order valence-electron chi connectivity index (χ0n) is 19.9. The Morgan fingerprint density at radius 3 is 2.59 bits per heavy atom. The summed E-state index contributed by atoms with van der Waals surface area (Å²) in [7, 11) is -2.52. The normalized spacial score (nSPS) is 24.6. The number of aliphatic hydroxyl groups is 1. The number of nitrogens with zero attached hydrogens (tertiary/aromatic N) is 2. The van der Waals surface area contributed by atoms with Crippen LogP contribution in [0.3, 0.4) is 0 Å². The summed E-state index contributed by atoms with van der Waals surface area (Å²) < 4.78 is 21.1. The number of alkyl halides is 2. The summed E-state index contributed by atoms with van der Waals surface area (Å²) in [4.78, 5) is 53.0. The number of rotatable bonds is 10. The van der Waals surface area contributed by atoms with Crippen molar-refractivity contribution in [2.24, 2.45) is 4.85 Å². The molecule has 3 rings (SSSR count). The van der Waals surface area contributed by atoms with Gasteiger partial charge >= 0.3 is 19.8 Å². The van der Waals surface area contributed by atoms with Crippen LogP contribution < -0.4 is 30.8 Å². The van der Waals surface area contributed by atoms with Crippen LogP contribution in [0, 0.1) is 0 Å². The SMILES string of the molecule is CC(C)OC(=O)[C@H](C)N/N=[P+](\[O-])Oc1ccc(OC[C@H]2O[C@@H](n3ccc(=O)[nH]c3=O)[C@](Cl)(Br)[C@@H]2O)cc1. The Hall–Kier alpha value is -2.32. The van der Waals surface area contributed by atoms with Crippen LogP contribution in [0.25, 0.3) is 0 Å². The zero-order chi connectivity index (χ0) is 27.3. The average Bonchev–Trinajstić information content (AvgIpc) is 3.05. The van der Waals surface area contributed by atoms with Gasteiger partial charge in [-0.1, -0.05) is 27.5 Å². The molecule has 202 valence electrons. The Kier molecular flexibility index (Phi) is 9.86. The van der Waals surface area contributed by atoms with E-state index in [1.165, 1.54) is 37.4 Å². The molecule has 37 heavy (non-hydrogen) atoms. The van der Waals surface area contributed by atoms with Crippen molar-refractivity contribution in [2.45, 2.75) is 55.1 Å². The van der Waals surface area contributed by atoms with Gasteiger partial charge in [-0.3, -0.25) is 23.7 Å². The van der Waals surface area contributed by atoms with Crippen LogP contribution in [0.2, 0.25) is 0 Å². The third-order valence-electron chi connectivity index (χ3n) is 4.94. The predicted molar refractivity (Wildman–Crippen MR) is 134 cm³/mol. The molecule has 1 aromatic carbocycles. The molecule has 1 saturated heterocycles. The van der Waals surface area contributed by atoms with E-state index in [9.17, 15) is 24.4 Å². The van der Waals surface area contributed by atoms with Crippen molar-refractivity contribution >= 4 is 41.7 Å². The second kappa shape index (κ2) is 12.5. The lowest BCUT2D eigenvalue weighted by atomic mass is 10.2. The Labute approximate surface area is 225 Å². The predicted octanol–water partition coefficient (Wildman–Crippen LogP) is 1.28. The summed E-state index contributed by atoms with van der Waals surface area (Å²) in [5, 5.41) is 10.6. The molecule has 1 fully saturated rings. The maximum Gasteiger partial charge on any atom is 0.412 e. The third kappa shape index (κ3) is 7.60. The van der Waals surface area contributed by atoms with Crippen molar-refractivity contribution in [1.29, 1.82) is 0 Å². The smallest absolute Gasteiger partial charge is 0.412 e. The first-order valence-electron chi connectivity index (χ1n) is 11.0. The number of aromatic amines is 1. The number of aliphatic hydroxyl groups excluding tert-OH is 1. The molecule has 0 bridgehead atoms. The maximum absolute atomic E-state index is 12.1. The molecular formula is C21H25BrClN4O9P. The first kappa shape index (κ1) is 29.2. The van der Waals surface area contributed by atoms with Crippen molar-refractivity contribution in [3.8, 4) is 11.5 Å². The first-order valence-corrected chi connectivity index (χ1v) is 13.3. The van der Waals surface area contributed by atoms with E-state index >= 15 is 0 Å². The number of benzene rings is 1.